The van der Waals surface area contributed by atoms with Crippen molar-refractivity contribution >= 4 is 21.7 Å². The predicted octanol–water partition coefficient (Wildman–Crippen LogP) is 0.709. The first-order valence-corrected chi connectivity index (χ1v) is 7.34. The Morgan fingerprint density at radius 2 is 1.95 bits per heavy atom. The molecule has 0 saturated heterocycles. The lowest BCUT2D eigenvalue weighted by Gasteiger charge is -2.08. The molecule has 1 aromatic carbocycles. The zero-order valence-corrected chi connectivity index (χ0v) is 11.8. The first-order valence-electron chi connectivity index (χ1n) is 5.86. The Morgan fingerprint density at radius 3 is 2.48 bits per heavy atom. The standard InChI is InChI=1S/C12H13N3O5S/c1-7-11(10(12(17)18)14-13-7)21(19,20)15-9-4-2-8(6-16)3-5-9/h2-5,15-16H,6H2,1H3,(H,13,14)(H,17,18). The highest BCUT2D eigenvalue weighted by atomic mass is 32.2. The second kappa shape index (κ2) is 5.54. The molecule has 0 aliphatic carbocycles. The van der Waals surface area contributed by atoms with Crippen LogP contribution in [0.25, 0.3) is 0 Å². The van der Waals surface area contributed by atoms with E-state index in [4.69, 9.17) is 10.2 Å². The van der Waals surface area contributed by atoms with Crippen molar-refractivity contribution in [1.82, 2.24) is 10.2 Å². The largest absolute Gasteiger partial charge is 0.476 e. The molecule has 4 N–H and O–H groups in total. The highest BCUT2D eigenvalue weighted by Crippen LogP contribution is 2.21. The minimum atomic E-state index is -4.08. The summed E-state index contributed by atoms with van der Waals surface area (Å²) < 4.78 is 26.8. The number of aryl methyl sites for hydroxylation is 1. The van der Waals surface area contributed by atoms with Crippen molar-refractivity contribution in [3.63, 3.8) is 0 Å². The first-order chi connectivity index (χ1) is 9.85. The van der Waals surface area contributed by atoms with E-state index in [1.165, 1.54) is 19.1 Å². The molecule has 0 aliphatic heterocycles. The Hall–Kier alpha value is -2.39. The number of aromatic amines is 1. The topological polar surface area (TPSA) is 132 Å². The van der Waals surface area contributed by atoms with Crippen LogP contribution in [0, 0.1) is 6.92 Å². The molecule has 8 nitrogen and oxygen atoms in total. The maximum Gasteiger partial charge on any atom is 0.357 e. The maximum absolute atomic E-state index is 12.3. The van der Waals surface area contributed by atoms with E-state index in [1.807, 2.05) is 0 Å². The summed E-state index contributed by atoms with van der Waals surface area (Å²) in [6.07, 6.45) is 0. The molecule has 0 amide bonds. The van der Waals surface area contributed by atoms with Gasteiger partial charge in [-0.15, -0.1) is 0 Å². The van der Waals surface area contributed by atoms with E-state index in [9.17, 15) is 13.2 Å². The molecule has 0 saturated carbocycles. The molecule has 0 atom stereocenters. The van der Waals surface area contributed by atoms with Crippen LogP contribution in [-0.2, 0) is 16.6 Å². The normalized spacial score (nSPS) is 11.3. The maximum atomic E-state index is 12.3. The van der Waals surface area contributed by atoms with Gasteiger partial charge in [-0.25, -0.2) is 13.2 Å². The van der Waals surface area contributed by atoms with Gasteiger partial charge in [0.25, 0.3) is 10.0 Å². The molecule has 0 aliphatic rings. The molecule has 2 aromatic rings. The van der Waals surface area contributed by atoms with Gasteiger partial charge in [0.15, 0.2) is 5.69 Å². The van der Waals surface area contributed by atoms with Gasteiger partial charge in [0.2, 0.25) is 0 Å². The molecule has 112 valence electrons. The van der Waals surface area contributed by atoms with Crippen LogP contribution >= 0.6 is 0 Å². The number of anilines is 1. The molecule has 1 heterocycles. The van der Waals surface area contributed by atoms with Gasteiger partial charge in [0, 0.05) is 5.69 Å². The predicted molar refractivity (Wildman–Crippen MR) is 73.5 cm³/mol. The third-order valence-electron chi connectivity index (χ3n) is 2.75. The summed E-state index contributed by atoms with van der Waals surface area (Å²) in [5.74, 6) is -1.43. The number of H-pyrrole nitrogens is 1. The first kappa shape index (κ1) is 15.0. The Kier molecular flexibility index (Phi) is 3.96. The second-order valence-corrected chi connectivity index (χ2v) is 5.91. The monoisotopic (exact) mass is 311 g/mol. The van der Waals surface area contributed by atoms with Crippen molar-refractivity contribution in [3.8, 4) is 0 Å². The smallest absolute Gasteiger partial charge is 0.357 e. The number of aromatic carboxylic acids is 1. The second-order valence-electron chi connectivity index (χ2n) is 4.29. The van der Waals surface area contributed by atoms with E-state index in [1.54, 1.807) is 12.1 Å². The molecule has 2 rings (SSSR count). The SMILES string of the molecule is Cc1[nH]nc(C(=O)O)c1S(=O)(=O)Nc1ccc(CO)cc1. The minimum Gasteiger partial charge on any atom is -0.476 e. The summed E-state index contributed by atoms with van der Waals surface area (Å²) in [4.78, 5) is 10.6. The average molecular weight is 311 g/mol. The molecule has 9 heteroatoms. The zero-order valence-electron chi connectivity index (χ0n) is 11.0. The fourth-order valence-electron chi connectivity index (χ4n) is 1.78. The Bertz CT molecular complexity index is 765. The Morgan fingerprint density at radius 1 is 1.33 bits per heavy atom. The molecular formula is C12H13N3O5S. The van der Waals surface area contributed by atoms with E-state index in [-0.39, 0.29) is 18.0 Å². The van der Waals surface area contributed by atoms with E-state index in [0.29, 0.717) is 5.56 Å². The lowest BCUT2D eigenvalue weighted by atomic mass is 10.2. The number of rotatable bonds is 5. The zero-order chi connectivity index (χ0) is 15.6. The average Bonchev–Trinajstić information content (AvgIpc) is 2.82. The van der Waals surface area contributed by atoms with Crippen LogP contribution in [0.4, 0.5) is 5.69 Å². The summed E-state index contributed by atoms with van der Waals surface area (Å²) in [5.41, 5.74) is 0.451. The van der Waals surface area contributed by atoms with Gasteiger partial charge in [-0.1, -0.05) is 12.1 Å². The third kappa shape index (κ3) is 3.03. The van der Waals surface area contributed by atoms with Gasteiger partial charge in [-0.2, -0.15) is 5.10 Å². The number of carbonyl (C=O) groups is 1. The number of aromatic nitrogens is 2. The number of hydrogen-bond acceptors (Lipinski definition) is 5. The summed E-state index contributed by atoms with van der Waals surface area (Å²) >= 11 is 0. The van der Waals surface area contributed by atoms with Gasteiger partial charge in [0.1, 0.15) is 4.90 Å². The van der Waals surface area contributed by atoms with Crippen molar-refractivity contribution in [3.05, 3.63) is 41.2 Å². The van der Waals surface area contributed by atoms with Gasteiger partial charge in [-0.05, 0) is 24.6 Å². The summed E-state index contributed by atoms with van der Waals surface area (Å²) in [7, 11) is -4.08. The molecule has 1 aromatic heterocycles. The summed E-state index contributed by atoms with van der Waals surface area (Å²) in [5, 5.41) is 23.7. The highest BCUT2D eigenvalue weighted by molar-refractivity contribution is 7.92. The van der Waals surface area contributed by atoms with Crippen LogP contribution in [0.3, 0.4) is 0 Å². The number of aliphatic hydroxyl groups is 1. The Balaban J connectivity index is 2.38. The van der Waals surface area contributed by atoms with Crippen molar-refractivity contribution in [2.75, 3.05) is 4.72 Å². The summed E-state index contributed by atoms with van der Waals surface area (Å²) in [6.45, 7) is 1.26. The van der Waals surface area contributed by atoms with Gasteiger partial charge >= 0.3 is 5.97 Å². The summed E-state index contributed by atoms with van der Waals surface area (Å²) in [6, 6.07) is 6.05. The van der Waals surface area contributed by atoms with Crippen LogP contribution < -0.4 is 4.72 Å². The molecule has 0 bridgehead atoms. The van der Waals surface area contributed by atoms with Crippen molar-refractivity contribution in [1.29, 1.82) is 0 Å². The highest BCUT2D eigenvalue weighted by Gasteiger charge is 2.28. The number of hydrogen-bond donors (Lipinski definition) is 4. The van der Waals surface area contributed by atoms with Crippen LogP contribution in [0.5, 0.6) is 0 Å². The molecule has 0 spiro atoms. The van der Waals surface area contributed by atoms with Crippen LogP contribution in [-0.4, -0.2) is 34.8 Å². The van der Waals surface area contributed by atoms with Crippen LogP contribution in [0.1, 0.15) is 21.7 Å². The number of benzene rings is 1. The van der Waals surface area contributed by atoms with E-state index in [0.717, 1.165) is 0 Å². The van der Waals surface area contributed by atoms with Crippen LogP contribution in [0.2, 0.25) is 0 Å². The number of sulfonamides is 1. The van der Waals surface area contributed by atoms with Crippen molar-refractivity contribution in [2.24, 2.45) is 0 Å². The van der Waals surface area contributed by atoms with Gasteiger partial charge in [0.05, 0.1) is 12.3 Å². The number of carboxylic acids is 1. The van der Waals surface area contributed by atoms with Crippen molar-refractivity contribution in [2.45, 2.75) is 18.4 Å². The fourth-order valence-corrected chi connectivity index (χ4v) is 3.16. The van der Waals surface area contributed by atoms with Crippen LogP contribution in [0.15, 0.2) is 29.2 Å². The lowest BCUT2D eigenvalue weighted by molar-refractivity contribution is 0.0686. The molecular weight excluding hydrogens is 298 g/mol. The third-order valence-corrected chi connectivity index (χ3v) is 4.29. The minimum absolute atomic E-state index is 0.131. The van der Waals surface area contributed by atoms with E-state index < -0.39 is 26.6 Å². The molecule has 0 unspecified atom stereocenters. The molecule has 21 heavy (non-hydrogen) atoms. The molecule has 0 radical (unpaired) electrons. The molecule has 0 fully saturated rings. The number of nitrogens with zero attached hydrogens (tertiary/aromatic N) is 1. The lowest BCUT2D eigenvalue weighted by Crippen LogP contribution is -2.17. The number of aliphatic hydroxyl groups excluding tert-OH is 1. The van der Waals surface area contributed by atoms with E-state index >= 15 is 0 Å². The van der Waals surface area contributed by atoms with Gasteiger partial charge in [-0.3, -0.25) is 9.82 Å². The van der Waals surface area contributed by atoms with Gasteiger partial charge < -0.3 is 10.2 Å². The number of nitrogens with one attached hydrogen (secondary N) is 2. The Labute approximate surface area is 120 Å². The quantitative estimate of drug-likeness (QED) is 0.643. The van der Waals surface area contributed by atoms with E-state index in [2.05, 4.69) is 14.9 Å². The van der Waals surface area contributed by atoms with Crippen molar-refractivity contribution < 1.29 is 23.4 Å². The fraction of sp³-hybridized carbons (Fsp3) is 0.167. The number of carboxylic acid groups (broad SMARTS) is 1.